The van der Waals surface area contributed by atoms with Crippen LogP contribution in [0.2, 0.25) is 4.34 Å². The van der Waals surface area contributed by atoms with Crippen molar-refractivity contribution in [1.29, 1.82) is 0 Å². The number of hydrogen-bond acceptors (Lipinski definition) is 4. The molecule has 7 heteroatoms. The van der Waals surface area contributed by atoms with Crippen LogP contribution in [0.15, 0.2) is 35.2 Å². The highest BCUT2D eigenvalue weighted by atomic mass is 35.5. The lowest BCUT2D eigenvalue weighted by atomic mass is 10.1. The quantitative estimate of drug-likeness (QED) is 0.885. The zero-order chi connectivity index (χ0) is 14.8. The van der Waals surface area contributed by atoms with Gasteiger partial charge in [0.15, 0.2) is 0 Å². The first-order valence-electron chi connectivity index (χ1n) is 5.96. The molecule has 0 unspecified atom stereocenters. The van der Waals surface area contributed by atoms with Crippen molar-refractivity contribution in [3.8, 4) is 0 Å². The summed E-state index contributed by atoms with van der Waals surface area (Å²) in [4.78, 5) is 1.09. The molecule has 2 rings (SSSR count). The second-order valence-electron chi connectivity index (χ2n) is 4.32. The summed E-state index contributed by atoms with van der Waals surface area (Å²) in [5, 5.41) is 0. The molecular weight excluding hydrogens is 316 g/mol. The number of benzene rings is 1. The first-order chi connectivity index (χ1) is 9.42. The number of rotatable bonds is 5. The number of nitrogens with two attached hydrogens (primary N) is 1. The molecular formula is C13H15ClN2O2S2. The lowest BCUT2D eigenvalue weighted by Crippen LogP contribution is -2.23. The molecule has 0 aliphatic carbocycles. The van der Waals surface area contributed by atoms with Crippen molar-refractivity contribution in [3.05, 3.63) is 50.7 Å². The summed E-state index contributed by atoms with van der Waals surface area (Å²) in [5.74, 6) is 0. The Morgan fingerprint density at radius 2 is 2.05 bits per heavy atom. The average molecular weight is 331 g/mol. The minimum Gasteiger partial charge on any atom is -0.326 e. The van der Waals surface area contributed by atoms with E-state index in [0.29, 0.717) is 10.9 Å². The molecule has 108 valence electrons. The van der Waals surface area contributed by atoms with Gasteiger partial charge in [-0.2, -0.15) is 0 Å². The fraction of sp³-hybridized carbons (Fsp3) is 0.231. The van der Waals surface area contributed by atoms with Crippen LogP contribution in [0, 0.1) is 6.92 Å². The number of hydrogen-bond donors (Lipinski definition) is 2. The van der Waals surface area contributed by atoms with Crippen molar-refractivity contribution in [2.75, 3.05) is 0 Å². The van der Waals surface area contributed by atoms with Gasteiger partial charge in [-0.1, -0.05) is 17.7 Å². The fourth-order valence-electron chi connectivity index (χ4n) is 1.73. The highest BCUT2D eigenvalue weighted by molar-refractivity contribution is 7.89. The van der Waals surface area contributed by atoms with E-state index in [4.69, 9.17) is 17.3 Å². The molecule has 20 heavy (non-hydrogen) atoms. The molecule has 0 amide bonds. The lowest BCUT2D eigenvalue weighted by Gasteiger charge is -2.09. The number of halogens is 1. The van der Waals surface area contributed by atoms with Crippen molar-refractivity contribution >= 4 is 33.0 Å². The maximum atomic E-state index is 12.2. The molecule has 2 aromatic rings. The summed E-state index contributed by atoms with van der Waals surface area (Å²) < 4.78 is 27.6. The summed E-state index contributed by atoms with van der Waals surface area (Å²) in [6.07, 6.45) is 0. The Labute approximate surface area is 127 Å². The van der Waals surface area contributed by atoms with Gasteiger partial charge in [0.2, 0.25) is 10.0 Å². The zero-order valence-corrected chi connectivity index (χ0v) is 13.3. The summed E-state index contributed by atoms with van der Waals surface area (Å²) in [5.41, 5.74) is 7.41. The third-order valence-corrected chi connectivity index (χ3v) is 5.55. The molecule has 0 aliphatic heterocycles. The van der Waals surface area contributed by atoms with E-state index >= 15 is 0 Å². The molecule has 4 nitrogen and oxygen atoms in total. The Bertz CT molecular complexity index is 711. The Hall–Kier alpha value is -0.920. The predicted octanol–water partition coefficient (Wildman–Crippen LogP) is 2.65. The van der Waals surface area contributed by atoms with Gasteiger partial charge in [-0.15, -0.1) is 11.3 Å². The molecule has 1 aromatic heterocycles. The zero-order valence-electron chi connectivity index (χ0n) is 10.9. The molecule has 1 heterocycles. The van der Waals surface area contributed by atoms with E-state index in [1.807, 2.05) is 6.92 Å². The van der Waals surface area contributed by atoms with Crippen molar-refractivity contribution in [2.45, 2.75) is 24.9 Å². The van der Waals surface area contributed by atoms with E-state index < -0.39 is 10.0 Å². The molecule has 0 spiro atoms. The largest absolute Gasteiger partial charge is 0.326 e. The van der Waals surface area contributed by atoms with E-state index in [1.54, 1.807) is 30.3 Å². The minimum absolute atomic E-state index is 0.228. The normalized spacial score (nSPS) is 11.8. The molecule has 1 aromatic carbocycles. The molecule has 0 atom stereocenters. The van der Waals surface area contributed by atoms with Gasteiger partial charge in [0, 0.05) is 18.0 Å². The van der Waals surface area contributed by atoms with Gasteiger partial charge in [0.1, 0.15) is 0 Å². The number of nitrogens with one attached hydrogen (secondary N) is 1. The van der Waals surface area contributed by atoms with Gasteiger partial charge in [0.25, 0.3) is 0 Å². The minimum atomic E-state index is -3.54. The maximum Gasteiger partial charge on any atom is 0.240 e. The molecule has 3 N–H and O–H groups in total. The number of sulfonamides is 1. The predicted molar refractivity (Wildman–Crippen MR) is 82.4 cm³/mol. The number of thiophene rings is 1. The second-order valence-corrected chi connectivity index (χ2v) is 7.89. The van der Waals surface area contributed by atoms with Crippen LogP contribution < -0.4 is 10.5 Å². The summed E-state index contributed by atoms with van der Waals surface area (Å²) in [7, 11) is -3.54. The molecule has 0 saturated heterocycles. The van der Waals surface area contributed by atoms with Gasteiger partial charge < -0.3 is 5.73 Å². The molecule has 0 fully saturated rings. The topological polar surface area (TPSA) is 72.2 Å². The first-order valence-corrected chi connectivity index (χ1v) is 8.63. The summed E-state index contributed by atoms with van der Waals surface area (Å²) in [6, 6.07) is 8.50. The van der Waals surface area contributed by atoms with E-state index in [-0.39, 0.29) is 11.4 Å². The van der Waals surface area contributed by atoms with E-state index in [2.05, 4.69) is 4.72 Å². The lowest BCUT2D eigenvalue weighted by molar-refractivity contribution is 0.581. The van der Waals surface area contributed by atoms with Crippen LogP contribution in [0.5, 0.6) is 0 Å². The Morgan fingerprint density at radius 3 is 2.65 bits per heavy atom. The fourth-order valence-corrected chi connectivity index (χ4v) is 3.91. The first kappa shape index (κ1) is 15.5. The summed E-state index contributed by atoms with van der Waals surface area (Å²) >= 11 is 7.16. The third kappa shape index (κ3) is 3.59. The maximum absolute atomic E-state index is 12.2. The van der Waals surface area contributed by atoms with Crippen LogP contribution in [0.3, 0.4) is 0 Å². The van der Waals surface area contributed by atoms with Gasteiger partial charge in [-0.3, -0.25) is 0 Å². The van der Waals surface area contributed by atoms with Crippen molar-refractivity contribution < 1.29 is 8.42 Å². The van der Waals surface area contributed by atoms with Crippen molar-refractivity contribution in [1.82, 2.24) is 4.72 Å². The molecule has 0 bridgehead atoms. The van der Waals surface area contributed by atoms with Gasteiger partial charge in [-0.05, 0) is 42.3 Å². The Morgan fingerprint density at radius 1 is 1.30 bits per heavy atom. The van der Waals surface area contributed by atoms with Crippen LogP contribution in [0.1, 0.15) is 16.0 Å². The van der Waals surface area contributed by atoms with Gasteiger partial charge in [0.05, 0.1) is 9.23 Å². The van der Waals surface area contributed by atoms with Crippen LogP contribution in [0.4, 0.5) is 0 Å². The van der Waals surface area contributed by atoms with Crippen LogP contribution in [-0.2, 0) is 23.1 Å². The molecule has 0 saturated carbocycles. The van der Waals surface area contributed by atoms with E-state index in [9.17, 15) is 8.42 Å². The van der Waals surface area contributed by atoms with Crippen LogP contribution in [-0.4, -0.2) is 8.42 Å². The third-order valence-electron chi connectivity index (χ3n) is 2.92. The van der Waals surface area contributed by atoms with Gasteiger partial charge in [-0.25, -0.2) is 13.1 Å². The smallest absolute Gasteiger partial charge is 0.240 e. The van der Waals surface area contributed by atoms with E-state index in [1.165, 1.54) is 11.3 Å². The van der Waals surface area contributed by atoms with E-state index in [0.717, 1.165) is 16.0 Å². The SMILES string of the molecule is Cc1ccc(S(=O)(=O)NCc2ccc(Cl)s2)cc1CN. The average Bonchev–Trinajstić information content (AvgIpc) is 2.83. The van der Waals surface area contributed by atoms with Crippen molar-refractivity contribution in [3.63, 3.8) is 0 Å². The highest BCUT2D eigenvalue weighted by Crippen LogP contribution is 2.22. The standard InChI is InChI=1S/C13H15ClN2O2S2/c1-9-2-4-12(6-10(9)7-15)20(17,18)16-8-11-3-5-13(14)19-11/h2-6,16H,7-8,15H2,1H3. The van der Waals surface area contributed by atoms with Crippen LogP contribution >= 0.6 is 22.9 Å². The summed E-state index contributed by atoms with van der Waals surface area (Å²) in [6.45, 7) is 2.45. The Balaban J connectivity index is 2.17. The van der Waals surface area contributed by atoms with Crippen molar-refractivity contribution in [2.24, 2.45) is 5.73 Å². The van der Waals surface area contributed by atoms with Crippen LogP contribution in [0.25, 0.3) is 0 Å². The number of aryl methyl sites for hydroxylation is 1. The molecule has 0 radical (unpaired) electrons. The second kappa shape index (κ2) is 6.24. The van der Waals surface area contributed by atoms with Gasteiger partial charge >= 0.3 is 0 Å². The molecule has 0 aliphatic rings. The Kier molecular flexibility index (Phi) is 4.82. The highest BCUT2D eigenvalue weighted by Gasteiger charge is 2.15. The monoisotopic (exact) mass is 330 g/mol.